The maximum absolute atomic E-state index is 12.4. The Labute approximate surface area is 129 Å². The molecule has 0 saturated heterocycles. The van der Waals surface area contributed by atoms with E-state index in [1.165, 1.54) is 0 Å². The van der Waals surface area contributed by atoms with Gasteiger partial charge in [-0.1, -0.05) is 11.6 Å². The Hall–Kier alpha value is -1.94. The molecule has 4 nitrogen and oxygen atoms in total. The quantitative estimate of drug-likeness (QED) is 0.830. The summed E-state index contributed by atoms with van der Waals surface area (Å²) in [4.78, 5) is 9.84. The molecule has 2 aromatic rings. The molecule has 0 bridgehead atoms. The van der Waals surface area contributed by atoms with Gasteiger partial charge in [-0.2, -0.15) is 26.3 Å². The van der Waals surface area contributed by atoms with Gasteiger partial charge in [0.1, 0.15) is 0 Å². The third-order valence-electron chi connectivity index (χ3n) is 2.69. The molecule has 124 valence electrons. The number of aliphatic hydroxyl groups excluding tert-OH is 1. The van der Waals surface area contributed by atoms with Crippen molar-refractivity contribution in [3.05, 3.63) is 41.1 Å². The van der Waals surface area contributed by atoms with Crippen molar-refractivity contribution in [3.8, 4) is 11.3 Å². The first-order chi connectivity index (χ1) is 10.5. The Kier molecular flexibility index (Phi) is 4.49. The second kappa shape index (κ2) is 5.93. The van der Waals surface area contributed by atoms with Crippen molar-refractivity contribution >= 4 is 11.6 Å². The predicted octanol–water partition coefficient (Wildman–Crippen LogP) is 3.81. The fourth-order valence-corrected chi connectivity index (χ4v) is 1.84. The number of aromatic nitrogens is 3. The highest BCUT2D eigenvalue weighted by molar-refractivity contribution is 6.31. The lowest BCUT2D eigenvalue weighted by Gasteiger charge is -2.16. The molecule has 0 spiro atoms. The summed E-state index contributed by atoms with van der Waals surface area (Å²) in [7, 11) is 0. The van der Waals surface area contributed by atoms with Crippen molar-refractivity contribution in [1.82, 2.24) is 15.0 Å². The van der Waals surface area contributed by atoms with Gasteiger partial charge in [0.15, 0.2) is 6.10 Å². The molecule has 2 heterocycles. The van der Waals surface area contributed by atoms with E-state index in [0.29, 0.717) is 6.20 Å². The first-order valence-corrected chi connectivity index (χ1v) is 6.18. The van der Waals surface area contributed by atoms with Gasteiger partial charge < -0.3 is 5.11 Å². The molecule has 0 aliphatic carbocycles. The van der Waals surface area contributed by atoms with Gasteiger partial charge in [-0.3, -0.25) is 4.98 Å². The average Bonchev–Trinajstić information content (AvgIpc) is 2.45. The van der Waals surface area contributed by atoms with Crippen molar-refractivity contribution in [2.75, 3.05) is 0 Å². The summed E-state index contributed by atoms with van der Waals surface area (Å²) in [6.45, 7) is 0. The van der Waals surface area contributed by atoms with E-state index in [2.05, 4.69) is 15.0 Å². The standard InChI is InChI=1S/C12H6ClF6N3O/c13-7-1-8(20-4-6(7)9(23)11(14,15)16)5-2-21-10(22-3-5)12(17,18)19/h1-4,9,23H. The van der Waals surface area contributed by atoms with Crippen LogP contribution in [0.5, 0.6) is 0 Å². The van der Waals surface area contributed by atoms with Crippen LogP contribution in [0.4, 0.5) is 26.3 Å². The lowest BCUT2D eigenvalue weighted by molar-refractivity contribution is -0.206. The summed E-state index contributed by atoms with van der Waals surface area (Å²) in [5.74, 6) is -1.36. The molecule has 1 atom stereocenters. The zero-order chi connectivity index (χ0) is 17.4. The van der Waals surface area contributed by atoms with E-state index in [1.807, 2.05) is 0 Å². The van der Waals surface area contributed by atoms with Crippen molar-refractivity contribution in [1.29, 1.82) is 0 Å². The lowest BCUT2D eigenvalue weighted by Crippen LogP contribution is -2.20. The van der Waals surface area contributed by atoms with Crippen LogP contribution in [0.2, 0.25) is 5.02 Å². The fourth-order valence-electron chi connectivity index (χ4n) is 1.58. The van der Waals surface area contributed by atoms with Crippen LogP contribution in [0, 0.1) is 0 Å². The van der Waals surface area contributed by atoms with Gasteiger partial charge in [-0.15, -0.1) is 0 Å². The Morgan fingerprint density at radius 1 is 0.957 bits per heavy atom. The molecule has 0 radical (unpaired) electrons. The van der Waals surface area contributed by atoms with Gasteiger partial charge in [0, 0.05) is 29.7 Å². The number of alkyl halides is 6. The molecule has 0 aromatic carbocycles. The minimum absolute atomic E-state index is 0.0212. The number of pyridine rings is 1. The first-order valence-electron chi connectivity index (χ1n) is 5.80. The first kappa shape index (κ1) is 17.4. The normalized spacial score (nSPS) is 13.9. The Morgan fingerprint density at radius 2 is 1.52 bits per heavy atom. The Balaban J connectivity index is 2.34. The summed E-state index contributed by atoms with van der Waals surface area (Å²) in [5.41, 5.74) is -0.689. The summed E-state index contributed by atoms with van der Waals surface area (Å²) in [6, 6.07) is 0.970. The van der Waals surface area contributed by atoms with Gasteiger partial charge >= 0.3 is 12.4 Å². The number of rotatable bonds is 2. The van der Waals surface area contributed by atoms with Crippen LogP contribution in [0.25, 0.3) is 11.3 Å². The average molecular weight is 358 g/mol. The molecule has 2 rings (SSSR count). The highest BCUT2D eigenvalue weighted by atomic mass is 35.5. The molecule has 0 fully saturated rings. The van der Waals surface area contributed by atoms with E-state index in [0.717, 1.165) is 18.5 Å². The molecular formula is C12H6ClF6N3O. The third kappa shape index (κ3) is 3.88. The maximum atomic E-state index is 12.4. The smallest absolute Gasteiger partial charge is 0.379 e. The maximum Gasteiger partial charge on any atom is 0.451 e. The SMILES string of the molecule is OC(c1cnc(-c2cnc(C(F)(F)F)nc2)cc1Cl)C(F)(F)F. The second-order valence-corrected chi connectivity index (χ2v) is 4.74. The molecule has 0 aliphatic rings. The Morgan fingerprint density at radius 3 is 1.96 bits per heavy atom. The van der Waals surface area contributed by atoms with Crippen molar-refractivity contribution < 1.29 is 31.4 Å². The van der Waals surface area contributed by atoms with Gasteiger partial charge in [0.2, 0.25) is 5.82 Å². The van der Waals surface area contributed by atoms with Crippen LogP contribution in [0.15, 0.2) is 24.7 Å². The van der Waals surface area contributed by atoms with E-state index in [9.17, 15) is 26.3 Å². The van der Waals surface area contributed by atoms with E-state index in [4.69, 9.17) is 16.7 Å². The number of nitrogens with zero attached hydrogens (tertiary/aromatic N) is 3. The van der Waals surface area contributed by atoms with E-state index >= 15 is 0 Å². The zero-order valence-electron chi connectivity index (χ0n) is 10.8. The number of hydrogen-bond donors (Lipinski definition) is 1. The second-order valence-electron chi connectivity index (χ2n) is 4.33. The number of halogens is 7. The summed E-state index contributed by atoms with van der Waals surface area (Å²) < 4.78 is 74.3. The minimum Gasteiger partial charge on any atom is -0.379 e. The van der Waals surface area contributed by atoms with Crippen LogP contribution in [0.3, 0.4) is 0 Å². The summed E-state index contributed by atoms with van der Waals surface area (Å²) in [6.07, 6.45) is -10.1. The highest BCUT2D eigenvalue weighted by Gasteiger charge is 2.40. The van der Waals surface area contributed by atoms with Crippen LogP contribution in [0.1, 0.15) is 17.5 Å². The number of aliphatic hydroxyl groups is 1. The molecule has 23 heavy (non-hydrogen) atoms. The van der Waals surface area contributed by atoms with Crippen LogP contribution < -0.4 is 0 Å². The minimum atomic E-state index is -4.93. The van der Waals surface area contributed by atoms with Gasteiger partial charge in [-0.25, -0.2) is 9.97 Å². The van der Waals surface area contributed by atoms with Gasteiger partial charge in [0.25, 0.3) is 0 Å². The van der Waals surface area contributed by atoms with E-state index < -0.39 is 34.9 Å². The zero-order valence-corrected chi connectivity index (χ0v) is 11.6. The van der Waals surface area contributed by atoms with E-state index in [1.54, 1.807) is 0 Å². The summed E-state index contributed by atoms with van der Waals surface area (Å²) >= 11 is 5.66. The van der Waals surface area contributed by atoms with Gasteiger partial charge in [-0.05, 0) is 6.07 Å². The number of hydrogen-bond acceptors (Lipinski definition) is 4. The predicted molar refractivity (Wildman–Crippen MR) is 66.3 cm³/mol. The molecule has 0 amide bonds. The monoisotopic (exact) mass is 357 g/mol. The van der Waals surface area contributed by atoms with Crippen molar-refractivity contribution in [3.63, 3.8) is 0 Å². The van der Waals surface area contributed by atoms with Gasteiger partial charge in [0.05, 0.1) is 10.7 Å². The largest absolute Gasteiger partial charge is 0.451 e. The molecule has 1 unspecified atom stereocenters. The van der Waals surface area contributed by atoms with Crippen LogP contribution in [-0.4, -0.2) is 26.2 Å². The lowest BCUT2D eigenvalue weighted by atomic mass is 10.1. The van der Waals surface area contributed by atoms with Crippen molar-refractivity contribution in [2.24, 2.45) is 0 Å². The van der Waals surface area contributed by atoms with Crippen molar-refractivity contribution in [2.45, 2.75) is 18.5 Å². The summed E-state index contributed by atoms with van der Waals surface area (Å²) in [5, 5.41) is 8.68. The molecule has 11 heteroatoms. The molecular weight excluding hydrogens is 352 g/mol. The van der Waals surface area contributed by atoms with Crippen LogP contribution >= 0.6 is 11.6 Å². The topological polar surface area (TPSA) is 58.9 Å². The van der Waals surface area contributed by atoms with E-state index in [-0.39, 0.29) is 11.3 Å². The highest BCUT2D eigenvalue weighted by Crippen LogP contribution is 2.36. The molecule has 0 aliphatic heterocycles. The molecule has 2 aromatic heterocycles. The fraction of sp³-hybridized carbons (Fsp3) is 0.250. The molecule has 1 N–H and O–H groups in total. The molecule has 0 saturated carbocycles. The van der Waals surface area contributed by atoms with Crippen LogP contribution in [-0.2, 0) is 6.18 Å². The Bertz CT molecular complexity index is 701. The third-order valence-corrected chi connectivity index (χ3v) is 3.02.